The molecule has 1 heterocycles. The van der Waals surface area contributed by atoms with Crippen molar-refractivity contribution < 1.29 is 9.53 Å². The summed E-state index contributed by atoms with van der Waals surface area (Å²) in [6.07, 6.45) is 0. The molecular weight excluding hydrogens is 326 g/mol. The van der Waals surface area contributed by atoms with Gasteiger partial charge in [0.15, 0.2) is 0 Å². The number of hydrogen-bond donors (Lipinski definition) is 1. The Balaban J connectivity index is 1.80. The topological polar surface area (TPSA) is 56.2 Å². The zero-order valence-corrected chi connectivity index (χ0v) is 15.3. The van der Waals surface area contributed by atoms with Gasteiger partial charge < -0.3 is 10.1 Å². The van der Waals surface area contributed by atoms with E-state index in [4.69, 9.17) is 4.74 Å². The summed E-state index contributed by atoms with van der Waals surface area (Å²) in [5.74, 6) is 0.634. The Morgan fingerprint density at radius 1 is 1.08 bits per heavy atom. The molecule has 0 unspecified atom stereocenters. The van der Waals surface area contributed by atoms with E-state index in [1.807, 2.05) is 81.6 Å². The maximum absolute atomic E-state index is 12.9. The fourth-order valence-corrected chi connectivity index (χ4v) is 2.94. The molecule has 5 heteroatoms. The van der Waals surface area contributed by atoms with Gasteiger partial charge in [-0.25, -0.2) is 0 Å². The second kappa shape index (κ2) is 7.87. The van der Waals surface area contributed by atoms with Crippen molar-refractivity contribution in [2.24, 2.45) is 7.05 Å². The van der Waals surface area contributed by atoms with Gasteiger partial charge in [-0.05, 0) is 31.5 Å². The first-order valence-corrected chi connectivity index (χ1v) is 8.60. The number of aryl methyl sites for hydroxylation is 2. The first-order chi connectivity index (χ1) is 12.6. The monoisotopic (exact) mass is 349 g/mol. The minimum Gasteiger partial charge on any atom is -0.491 e. The highest BCUT2D eigenvalue weighted by atomic mass is 16.5. The van der Waals surface area contributed by atoms with Crippen LogP contribution in [0.4, 0.5) is 0 Å². The number of benzene rings is 2. The maximum Gasteiger partial charge on any atom is 0.255 e. The van der Waals surface area contributed by atoms with Crippen molar-refractivity contribution in [2.75, 3.05) is 6.61 Å². The zero-order chi connectivity index (χ0) is 18.5. The highest BCUT2D eigenvalue weighted by molar-refractivity contribution is 5.96. The lowest BCUT2D eigenvalue weighted by Crippen LogP contribution is -2.33. The molecule has 0 aliphatic carbocycles. The van der Waals surface area contributed by atoms with E-state index in [9.17, 15) is 4.79 Å². The number of aromatic nitrogens is 2. The van der Waals surface area contributed by atoms with Gasteiger partial charge in [-0.2, -0.15) is 5.10 Å². The minimum absolute atomic E-state index is 0.140. The van der Waals surface area contributed by atoms with Crippen molar-refractivity contribution in [1.29, 1.82) is 0 Å². The SMILES string of the molecule is Cc1nn(C)c(C)c1C(=O)N[C@@H](COc1ccccc1)c1ccccc1. The number of ether oxygens (including phenoxy) is 1. The summed E-state index contributed by atoms with van der Waals surface area (Å²) in [6.45, 7) is 4.09. The Morgan fingerprint density at radius 2 is 1.69 bits per heavy atom. The second-order valence-corrected chi connectivity index (χ2v) is 6.23. The molecule has 0 fully saturated rings. The third kappa shape index (κ3) is 3.94. The van der Waals surface area contributed by atoms with Crippen LogP contribution in [-0.2, 0) is 7.05 Å². The Kier molecular flexibility index (Phi) is 5.37. The standard InChI is InChI=1S/C21H23N3O2/c1-15-20(16(2)24(3)23-15)21(25)22-19(17-10-6-4-7-11-17)14-26-18-12-8-5-9-13-18/h4-13,19H,14H2,1-3H3,(H,22,25)/t19-/m0/s1. The van der Waals surface area contributed by atoms with Crippen LogP contribution in [0.2, 0.25) is 0 Å². The fraction of sp³-hybridized carbons (Fsp3) is 0.238. The molecule has 0 aliphatic rings. The molecule has 134 valence electrons. The van der Waals surface area contributed by atoms with Crippen LogP contribution in [0.5, 0.6) is 5.75 Å². The summed E-state index contributed by atoms with van der Waals surface area (Å²) in [6, 6.07) is 19.2. The van der Waals surface area contributed by atoms with Gasteiger partial charge in [0, 0.05) is 12.7 Å². The highest BCUT2D eigenvalue weighted by Gasteiger charge is 2.22. The van der Waals surface area contributed by atoms with Crippen LogP contribution in [0.1, 0.15) is 33.4 Å². The van der Waals surface area contributed by atoms with Gasteiger partial charge in [0.1, 0.15) is 12.4 Å². The van der Waals surface area contributed by atoms with Crippen molar-refractivity contribution in [1.82, 2.24) is 15.1 Å². The van der Waals surface area contributed by atoms with Crippen LogP contribution >= 0.6 is 0 Å². The minimum atomic E-state index is -0.261. The summed E-state index contributed by atoms with van der Waals surface area (Å²) in [7, 11) is 1.84. The van der Waals surface area contributed by atoms with Crippen LogP contribution in [0.3, 0.4) is 0 Å². The van der Waals surface area contributed by atoms with Gasteiger partial charge in [0.05, 0.1) is 17.3 Å². The lowest BCUT2D eigenvalue weighted by atomic mass is 10.1. The molecular formula is C21H23N3O2. The van der Waals surface area contributed by atoms with Crippen LogP contribution in [0.25, 0.3) is 0 Å². The number of carbonyl (C=O) groups is 1. The zero-order valence-electron chi connectivity index (χ0n) is 15.3. The maximum atomic E-state index is 12.9. The van der Waals surface area contributed by atoms with Crippen LogP contribution in [0, 0.1) is 13.8 Å². The first kappa shape index (κ1) is 17.7. The van der Waals surface area contributed by atoms with E-state index in [1.165, 1.54) is 0 Å². The largest absolute Gasteiger partial charge is 0.491 e. The molecule has 1 atom stereocenters. The summed E-state index contributed by atoms with van der Waals surface area (Å²) in [4.78, 5) is 12.9. The molecule has 0 saturated carbocycles. The molecule has 0 spiro atoms. The average molecular weight is 349 g/mol. The van der Waals surface area contributed by atoms with Gasteiger partial charge in [-0.15, -0.1) is 0 Å². The van der Waals surface area contributed by atoms with E-state index >= 15 is 0 Å². The number of nitrogens with zero attached hydrogens (tertiary/aromatic N) is 2. The normalized spacial score (nSPS) is 11.8. The van der Waals surface area contributed by atoms with Crippen LogP contribution < -0.4 is 10.1 Å². The van der Waals surface area contributed by atoms with Crippen molar-refractivity contribution >= 4 is 5.91 Å². The molecule has 1 amide bonds. The number of nitrogens with one attached hydrogen (secondary N) is 1. The molecule has 26 heavy (non-hydrogen) atoms. The molecule has 0 aliphatic heterocycles. The number of rotatable bonds is 6. The van der Waals surface area contributed by atoms with Crippen molar-refractivity contribution in [2.45, 2.75) is 19.9 Å². The molecule has 5 nitrogen and oxygen atoms in total. The number of para-hydroxylation sites is 1. The quantitative estimate of drug-likeness (QED) is 0.740. The molecule has 0 saturated heterocycles. The molecule has 1 aromatic heterocycles. The van der Waals surface area contributed by atoms with Gasteiger partial charge in [0.2, 0.25) is 0 Å². The van der Waals surface area contributed by atoms with E-state index in [-0.39, 0.29) is 11.9 Å². The Morgan fingerprint density at radius 3 is 2.27 bits per heavy atom. The predicted octanol–water partition coefficient (Wildman–Crippen LogP) is 3.59. The van der Waals surface area contributed by atoms with Crippen molar-refractivity contribution in [3.8, 4) is 5.75 Å². The lowest BCUT2D eigenvalue weighted by molar-refractivity contribution is 0.0920. The number of hydrogen-bond acceptors (Lipinski definition) is 3. The summed E-state index contributed by atoms with van der Waals surface area (Å²) < 4.78 is 7.61. The molecule has 3 rings (SSSR count). The molecule has 2 aromatic carbocycles. The Hall–Kier alpha value is -3.08. The second-order valence-electron chi connectivity index (χ2n) is 6.23. The molecule has 0 bridgehead atoms. The van der Waals surface area contributed by atoms with Crippen molar-refractivity contribution in [3.63, 3.8) is 0 Å². The smallest absolute Gasteiger partial charge is 0.255 e. The van der Waals surface area contributed by atoms with E-state index in [0.29, 0.717) is 12.2 Å². The summed E-state index contributed by atoms with van der Waals surface area (Å²) in [5, 5.41) is 7.43. The Bertz CT molecular complexity index is 873. The fourth-order valence-electron chi connectivity index (χ4n) is 2.94. The van der Waals surface area contributed by atoms with E-state index < -0.39 is 0 Å². The average Bonchev–Trinajstić information content (AvgIpc) is 2.92. The lowest BCUT2D eigenvalue weighted by Gasteiger charge is -2.20. The number of carbonyl (C=O) groups excluding carboxylic acids is 1. The van der Waals surface area contributed by atoms with Crippen LogP contribution in [-0.4, -0.2) is 22.3 Å². The van der Waals surface area contributed by atoms with Gasteiger partial charge in [-0.1, -0.05) is 48.5 Å². The van der Waals surface area contributed by atoms with E-state index in [2.05, 4.69) is 10.4 Å². The summed E-state index contributed by atoms with van der Waals surface area (Å²) in [5.41, 5.74) is 3.18. The van der Waals surface area contributed by atoms with Gasteiger partial charge in [-0.3, -0.25) is 9.48 Å². The van der Waals surface area contributed by atoms with Crippen molar-refractivity contribution in [3.05, 3.63) is 83.2 Å². The molecule has 1 N–H and O–H groups in total. The van der Waals surface area contributed by atoms with Gasteiger partial charge >= 0.3 is 0 Å². The van der Waals surface area contributed by atoms with Gasteiger partial charge in [0.25, 0.3) is 5.91 Å². The molecule has 3 aromatic rings. The summed E-state index contributed by atoms with van der Waals surface area (Å²) >= 11 is 0. The molecule has 0 radical (unpaired) electrons. The van der Waals surface area contributed by atoms with E-state index in [0.717, 1.165) is 22.7 Å². The third-order valence-electron chi connectivity index (χ3n) is 4.40. The Labute approximate surface area is 153 Å². The number of amides is 1. The first-order valence-electron chi connectivity index (χ1n) is 8.60. The highest BCUT2D eigenvalue weighted by Crippen LogP contribution is 2.19. The van der Waals surface area contributed by atoms with E-state index in [1.54, 1.807) is 4.68 Å². The predicted molar refractivity (Wildman–Crippen MR) is 101 cm³/mol. The van der Waals surface area contributed by atoms with Crippen LogP contribution in [0.15, 0.2) is 60.7 Å². The third-order valence-corrected chi connectivity index (χ3v) is 4.40.